The van der Waals surface area contributed by atoms with Crippen LogP contribution in [-0.4, -0.2) is 5.96 Å². The molecule has 4 heteroatoms. The molecule has 0 heterocycles. The molecule has 0 radical (unpaired) electrons. The third kappa shape index (κ3) is 3.59. The quantitative estimate of drug-likeness (QED) is 0.346. The van der Waals surface area contributed by atoms with Gasteiger partial charge in [0.05, 0.1) is 5.69 Å². The summed E-state index contributed by atoms with van der Waals surface area (Å²) in [5.74, 6) is 6.48. The lowest BCUT2D eigenvalue weighted by molar-refractivity contribution is 0.866. The lowest BCUT2D eigenvalue weighted by atomic mass is 10.0. The lowest BCUT2D eigenvalue weighted by Crippen LogP contribution is -2.36. The number of hydrogen-bond donors (Lipinski definition) is 3. The summed E-state index contributed by atoms with van der Waals surface area (Å²) in [5, 5.41) is 3.16. The van der Waals surface area contributed by atoms with Gasteiger partial charge < -0.3 is 5.32 Å². The van der Waals surface area contributed by atoms with Crippen LogP contribution in [-0.2, 0) is 0 Å². The van der Waals surface area contributed by atoms with Crippen molar-refractivity contribution in [1.29, 1.82) is 0 Å². The minimum absolute atomic E-state index is 0.408. The second-order valence-corrected chi connectivity index (χ2v) is 4.81. The molecule has 2 rings (SSSR count). The van der Waals surface area contributed by atoms with E-state index in [0.29, 0.717) is 11.9 Å². The van der Waals surface area contributed by atoms with Gasteiger partial charge in [0, 0.05) is 5.69 Å². The van der Waals surface area contributed by atoms with Gasteiger partial charge in [0.1, 0.15) is 0 Å². The van der Waals surface area contributed by atoms with Gasteiger partial charge in [0.25, 0.3) is 0 Å². The van der Waals surface area contributed by atoms with Crippen LogP contribution in [0.5, 0.6) is 0 Å². The van der Waals surface area contributed by atoms with E-state index in [1.807, 2.05) is 48.5 Å². The number of guanidine groups is 1. The molecule has 0 fully saturated rings. The first-order valence-electron chi connectivity index (χ1n) is 6.67. The number of benzene rings is 2. The van der Waals surface area contributed by atoms with Crippen LogP contribution in [0.4, 0.5) is 11.4 Å². The number of hydrazine groups is 1. The maximum atomic E-state index is 5.55. The summed E-state index contributed by atoms with van der Waals surface area (Å²) < 4.78 is 0. The fourth-order valence-electron chi connectivity index (χ4n) is 1.95. The SMILES string of the molecule is CC(C)c1ccccc1N=C(NN)Nc1ccccc1. The summed E-state index contributed by atoms with van der Waals surface area (Å²) in [6.07, 6.45) is 0. The highest BCUT2D eigenvalue weighted by Crippen LogP contribution is 2.26. The van der Waals surface area contributed by atoms with Crippen LogP contribution < -0.4 is 16.6 Å². The van der Waals surface area contributed by atoms with Crippen molar-refractivity contribution < 1.29 is 0 Å². The Morgan fingerprint density at radius 2 is 1.65 bits per heavy atom. The summed E-state index contributed by atoms with van der Waals surface area (Å²) in [6, 6.07) is 17.9. The van der Waals surface area contributed by atoms with Crippen LogP contribution in [0.2, 0.25) is 0 Å². The van der Waals surface area contributed by atoms with Crippen molar-refractivity contribution in [3.8, 4) is 0 Å². The van der Waals surface area contributed by atoms with Crippen molar-refractivity contribution in [2.45, 2.75) is 19.8 Å². The molecule has 0 atom stereocenters. The van der Waals surface area contributed by atoms with Crippen LogP contribution in [0.25, 0.3) is 0 Å². The maximum Gasteiger partial charge on any atom is 0.215 e. The van der Waals surface area contributed by atoms with Crippen molar-refractivity contribution in [1.82, 2.24) is 5.43 Å². The second-order valence-electron chi connectivity index (χ2n) is 4.81. The van der Waals surface area contributed by atoms with Gasteiger partial charge in [-0.1, -0.05) is 50.2 Å². The fraction of sp³-hybridized carbons (Fsp3) is 0.188. The van der Waals surface area contributed by atoms with Gasteiger partial charge in [-0.2, -0.15) is 0 Å². The van der Waals surface area contributed by atoms with Crippen LogP contribution in [0.1, 0.15) is 25.3 Å². The number of anilines is 1. The molecule has 0 aromatic heterocycles. The van der Waals surface area contributed by atoms with E-state index in [1.54, 1.807) is 0 Å². The van der Waals surface area contributed by atoms with E-state index in [0.717, 1.165) is 11.4 Å². The van der Waals surface area contributed by atoms with Crippen LogP contribution >= 0.6 is 0 Å². The van der Waals surface area contributed by atoms with Crippen molar-refractivity contribution in [3.05, 3.63) is 60.2 Å². The van der Waals surface area contributed by atoms with E-state index in [2.05, 4.69) is 35.6 Å². The van der Waals surface area contributed by atoms with Crippen molar-refractivity contribution in [2.24, 2.45) is 10.8 Å². The molecule has 0 spiro atoms. The molecule has 0 bridgehead atoms. The third-order valence-corrected chi connectivity index (χ3v) is 2.96. The molecule has 20 heavy (non-hydrogen) atoms. The second kappa shape index (κ2) is 6.73. The van der Waals surface area contributed by atoms with Gasteiger partial charge in [-0.05, 0) is 29.7 Å². The van der Waals surface area contributed by atoms with Gasteiger partial charge in [0.15, 0.2) is 0 Å². The number of nitrogens with one attached hydrogen (secondary N) is 2. The van der Waals surface area contributed by atoms with Crippen LogP contribution in [0, 0.1) is 0 Å². The van der Waals surface area contributed by atoms with Gasteiger partial charge in [-0.15, -0.1) is 0 Å². The molecular weight excluding hydrogens is 248 g/mol. The standard InChI is InChI=1S/C16H20N4/c1-12(2)14-10-6-7-11-15(14)19-16(20-17)18-13-8-4-3-5-9-13/h3-12H,17H2,1-2H3,(H2,18,19,20). The molecule has 0 saturated carbocycles. The topological polar surface area (TPSA) is 62.4 Å². The van der Waals surface area contributed by atoms with E-state index in [9.17, 15) is 0 Å². The molecule has 0 aliphatic heterocycles. The first-order valence-corrected chi connectivity index (χ1v) is 6.67. The molecule has 104 valence electrons. The minimum atomic E-state index is 0.408. The average Bonchev–Trinajstić information content (AvgIpc) is 2.48. The van der Waals surface area contributed by atoms with Gasteiger partial charge in [-0.25, -0.2) is 10.8 Å². The van der Waals surface area contributed by atoms with E-state index >= 15 is 0 Å². The molecule has 0 saturated heterocycles. The molecule has 0 amide bonds. The highest BCUT2D eigenvalue weighted by molar-refractivity contribution is 5.95. The summed E-state index contributed by atoms with van der Waals surface area (Å²) >= 11 is 0. The Kier molecular flexibility index (Phi) is 4.74. The zero-order chi connectivity index (χ0) is 14.4. The molecule has 4 nitrogen and oxygen atoms in total. The molecule has 0 aliphatic rings. The Bertz CT molecular complexity index is 576. The van der Waals surface area contributed by atoms with Crippen molar-refractivity contribution in [3.63, 3.8) is 0 Å². The van der Waals surface area contributed by atoms with E-state index in [4.69, 9.17) is 5.84 Å². The minimum Gasteiger partial charge on any atom is -0.325 e. The number of rotatable bonds is 3. The smallest absolute Gasteiger partial charge is 0.215 e. The summed E-state index contributed by atoms with van der Waals surface area (Å²) in [4.78, 5) is 4.56. The van der Waals surface area contributed by atoms with Crippen LogP contribution in [0.3, 0.4) is 0 Å². The van der Waals surface area contributed by atoms with Crippen molar-refractivity contribution in [2.75, 3.05) is 5.32 Å². The summed E-state index contributed by atoms with van der Waals surface area (Å²) in [7, 11) is 0. The Labute approximate surface area is 119 Å². The molecule has 0 unspecified atom stereocenters. The summed E-state index contributed by atoms with van der Waals surface area (Å²) in [6.45, 7) is 4.29. The van der Waals surface area contributed by atoms with Crippen LogP contribution in [0.15, 0.2) is 59.6 Å². The highest BCUT2D eigenvalue weighted by atomic mass is 15.3. The zero-order valence-electron chi connectivity index (χ0n) is 11.8. The normalized spacial score (nSPS) is 11.5. The maximum absolute atomic E-state index is 5.55. The van der Waals surface area contributed by atoms with Gasteiger partial charge >= 0.3 is 0 Å². The first-order chi connectivity index (χ1) is 9.70. The van der Waals surface area contributed by atoms with Gasteiger partial charge in [-0.3, -0.25) is 5.43 Å². The largest absolute Gasteiger partial charge is 0.325 e. The predicted octanol–water partition coefficient (Wildman–Crippen LogP) is 3.37. The highest BCUT2D eigenvalue weighted by Gasteiger charge is 2.06. The molecule has 2 aromatic carbocycles. The predicted molar refractivity (Wildman–Crippen MR) is 85.0 cm³/mol. The lowest BCUT2D eigenvalue weighted by Gasteiger charge is -2.12. The van der Waals surface area contributed by atoms with Crippen molar-refractivity contribution >= 4 is 17.3 Å². The van der Waals surface area contributed by atoms with E-state index in [1.165, 1.54) is 5.56 Å². The monoisotopic (exact) mass is 268 g/mol. The number of hydrogen-bond acceptors (Lipinski definition) is 2. The Balaban J connectivity index is 2.27. The number of nitrogens with zero attached hydrogens (tertiary/aromatic N) is 1. The first kappa shape index (κ1) is 14.1. The molecule has 0 aliphatic carbocycles. The third-order valence-electron chi connectivity index (χ3n) is 2.96. The Morgan fingerprint density at radius 3 is 2.30 bits per heavy atom. The Morgan fingerprint density at radius 1 is 1.00 bits per heavy atom. The molecule has 4 N–H and O–H groups in total. The van der Waals surface area contributed by atoms with E-state index < -0.39 is 0 Å². The average molecular weight is 268 g/mol. The van der Waals surface area contributed by atoms with E-state index in [-0.39, 0.29) is 0 Å². The number of aliphatic imine (C=N–C) groups is 1. The number of nitrogens with two attached hydrogens (primary N) is 1. The van der Waals surface area contributed by atoms with Gasteiger partial charge in [0.2, 0.25) is 5.96 Å². The Hall–Kier alpha value is -2.33. The fourth-order valence-corrected chi connectivity index (χ4v) is 1.95. The number of para-hydroxylation sites is 2. The molecule has 2 aromatic rings. The summed E-state index contributed by atoms with van der Waals surface area (Å²) in [5.41, 5.74) is 5.65. The molecular formula is C16H20N4. The zero-order valence-corrected chi connectivity index (χ0v) is 11.8.